The summed E-state index contributed by atoms with van der Waals surface area (Å²) in [5.74, 6) is -1.58. The lowest BCUT2D eigenvalue weighted by atomic mass is 9.95. The lowest BCUT2D eigenvalue weighted by Crippen LogP contribution is -2.56. The molecule has 0 aromatic heterocycles. The van der Waals surface area contributed by atoms with Crippen molar-refractivity contribution in [2.45, 2.75) is 85.0 Å². The van der Waals surface area contributed by atoms with E-state index in [-0.39, 0.29) is 19.0 Å². The van der Waals surface area contributed by atoms with Crippen LogP contribution in [0.2, 0.25) is 0 Å². The van der Waals surface area contributed by atoms with Crippen molar-refractivity contribution in [3.63, 3.8) is 0 Å². The van der Waals surface area contributed by atoms with Crippen LogP contribution in [-0.4, -0.2) is 60.1 Å². The normalized spacial score (nSPS) is 13.4. The van der Waals surface area contributed by atoms with Crippen LogP contribution in [0.4, 0.5) is 4.79 Å². The van der Waals surface area contributed by atoms with Crippen molar-refractivity contribution in [2.24, 2.45) is 0 Å². The molecular formula is C31H43N3O6. The van der Waals surface area contributed by atoms with Crippen LogP contribution >= 0.6 is 0 Å². The van der Waals surface area contributed by atoms with Gasteiger partial charge in [-0.3, -0.25) is 14.4 Å². The van der Waals surface area contributed by atoms with E-state index in [0.717, 1.165) is 16.7 Å². The number of carbonyl (C=O) groups is 4. The van der Waals surface area contributed by atoms with E-state index in [1.165, 1.54) is 12.0 Å². The maximum absolute atomic E-state index is 14.4. The predicted molar refractivity (Wildman–Crippen MR) is 154 cm³/mol. The number of rotatable bonds is 11. The Kier molecular flexibility index (Phi) is 11.7. The van der Waals surface area contributed by atoms with E-state index in [1.54, 1.807) is 20.8 Å². The molecule has 0 saturated carbocycles. The number of benzene rings is 2. The molecule has 0 aliphatic rings. The van der Waals surface area contributed by atoms with Gasteiger partial charge in [0.2, 0.25) is 11.8 Å². The Hall–Kier alpha value is -3.88. The van der Waals surface area contributed by atoms with Crippen molar-refractivity contribution in [3.05, 3.63) is 70.8 Å². The zero-order chi connectivity index (χ0) is 30.0. The predicted octanol–water partition coefficient (Wildman–Crippen LogP) is 4.40. The van der Waals surface area contributed by atoms with Crippen molar-refractivity contribution in [2.75, 3.05) is 13.7 Å². The van der Waals surface area contributed by atoms with Gasteiger partial charge in [0, 0.05) is 12.5 Å². The average Bonchev–Trinajstić information content (AvgIpc) is 2.87. The third-order valence-electron chi connectivity index (χ3n) is 6.31. The molecule has 0 spiro atoms. The Labute approximate surface area is 237 Å². The Morgan fingerprint density at radius 2 is 1.57 bits per heavy atom. The summed E-state index contributed by atoms with van der Waals surface area (Å²) < 4.78 is 10.2. The summed E-state index contributed by atoms with van der Waals surface area (Å²) in [6.07, 6.45) is 0.000714. The maximum atomic E-state index is 14.4. The first-order valence-electron chi connectivity index (χ1n) is 13.5. The Morgan fingerprint density at radius 1 is 0.975 bits per heavy atom. The summed E-state index contributed by atoms with van der Waals surface area (Å²) in [5, 5.41) is 5.38. The summed E-state index contributed by atoms with van der Waals surface area (Å²) in [6, 6.07) is 12.5. The van der Waals surface area contributed by atoms with Crippen LogP contribution < -0.4 is 10.6 Å². The molecule has 0 aliphatic heterocycles. The molecule has 0 fully saturated rings. The number of hydrogen-bond acceptors (Lipinski definition) is 6. The first-order chi connectivity index (χ1) is 18.7. The SMILES string of the molecule is CCC(C)N(C(=O)C(Cc1ccccc1)NC(=O)OC(C)(C)C)C(C(=O)NCC(=O)OC)c1cc(C)cc(C)c1. The zero-order valence-electron chi connectivity index (χ0n) is 24.9. The lowest BCUT2D eigenvalue weighted by molar-refractivity contribution is -0.146. The minimum Gasteiger partial charge on any atom is -0.468 e. The Morgan fingerprint density at radius 3 is 2.10 bits per heavy atom. The molecule has 0 radical (unpaired) electrons. The van der Waals surface area contributed by atoms with Crippen LogP contribution in [0.5, 0.6) is 0 Å². The van der Waals surface area contributed by atoms with E-state index in [2.05, 4.69) is 10.6 Å². The van der Waals surface area contributed by atoms with E-state index in [4.69, 9.17) is 9.47 Å². The molecule has 0 bridgehead atoms. The molecule has 9 heteroatoms. The van der Waals surface area contributed by atoms with E-state index >= 15 is 0 Å². The van der Waals surface area contributed by atoms with Crippen molar-refractivity contribution < 1.29 is 28.7 Å². The van der Waals surface area contributed by atoms with Crippen LogP contribution in [0.1, 0.15) is 69.3 Å². The molecule has 3 atom stereocenters. The quantitative estimate of drug-likeness (QED) is 0.399. The second kappa shape index (κ2) is 14.5. The fourth-order valence-electron chi connectivity index (χ4n) is 4.41. The fraction of sp³-hybridized carbons (Fsp3) is 0.484. The standard InChI is InChI=1S/C31H43N3O6/c1-9-22(4)34(27(28(36)32-19-26(35)39-8)24-16-20(2)15-21(3)17-24)29(37)25(18-23-13-11-10-12-14-23)33-30(38)40-31(5,6)7/h10-17,22,25,27H,9,18-19H2,1-8H3,(H,32,36)(H,33,38). The third kappa shape index (κ3) is 9.70. The number of esters is 1. The number of nitrogens with one attached hydrogen (secondary N) is 2. The molecule has 2 N–H and O–H groups in total. The highest BCUT2D eigenvalue weighted by Gasteiger charge is 2.39. The van der Waals surface area contributed by atoms with Crippen molar-refractivity contribution >= 4 is 23.9 Å². The molecule has 3 amide bonds. The van der Waals surface area contributed by atoms with Gasteiger partial charge in [-0.2, -0.15) is 0 Å². The Bertz CT molecular complexity index is 1160. The molecule has 2 rings (SSSR count). The maximum Gasteiger partial charge on any atom is 0.408 e. The number of ether oxygens (including phenoxy) is 2. The molecule has 0 saturated heterocycles. The van der Waals surface area contributed by atoms with Crippen molar-refractivity contribution in [3.8, 4) is 0 Å². The summed E-state index contributed by atoms with van der Waals surface area (Å²) in [5.41, 5.74) is 2.51. The van der Waals surface area contributed by atoms with E-state index in [0.29, 0.717) is 12.0 Å². The van der Waals surface area contributed by atoms with Gasteiger partial charge in [-0.1, -0.05) is 66.6 Å². The van der Waals surface area contributed by atoms with Crippen LogP contribution in [0.25, 0.3) is 0 Å². The second-order valence-electron chi connectivity index (χ2n) is 11.0. The van der Waals surface area contributed by atoms with Gasteiger partial charge in [0.25, 0.3) is 0 Å². The number of aryl methyl sites for hydroxylation is 2. The van der Waals surface area contributed by atoms with Gasteiger partial charge in [-0.25, -0.2) is 4.79 Å². The molecule has 40 heavy (non-hydrogen) atoms. The largest absolute Gasteiger partial charge is 0.468 e. The van der Waals surface area contributed by atoms with Crippen LogP contribution in [-0.2, 0) is 30.3 Å². The molecule has 218 valence electrons. The molecule has 2 aromatic carbocycles. The summed E-state index contributed by atoms with van der Waals surface area (Å²) in [6.45, 7) is 12.5. The van der Waals surface area contributed by atoms with Crippen molar-refractivity contribution in [1.29, 1.82) is 0 Å². The lowest BCUT2D eigenvalue weighted by Gasteiger charge is -2.38. The molecular weight excluding hydrogens is 510 g/mol. The van der Waals surface area contributed by atoms with E-state index < -0.39 is 41.6 Å². The van der Waals surface area contributed by atoms with Gasteiger partial charge in [-0.05, 0) is 59.1 Å². The molecule has 2 aromatic rings. The van der Waals surface area contributed by atoms with Gasteiger partial charge in [-0.15, -0.1) is 0 Å². The van der Waals surface area contributed by atoms with Gasteiger partial charge < -0.3 is 25.0 Å². The first-order valence-corrected chi connectivity index (χ1v) is 13.5. The number of hydrogen-bond donors (Lipinski definition) is 2. The molecule has 9 nitrogen and oxygen atoms in total. The number of carbonyl (C=O) groups excluding carboxylic acids is 4. The highest BCUT2D eigenvalue weighted by atomic mass is 16.6. The van der Waals surface area contributed by atoms with Gasteiger partial charge in [0.1, 0.15) is 24.2 Å². The summed E-state index contributed by atoms with van der Waals surface area (Å²) in [7, 11) is 1.24. The highest BCUT2D eigenvalue weighted by molar-refractivity contribution is 5.93. The number of nitrogens with zero attached hydrogens (tertiary/aromatic N) is 1. The number of amides is 3. The molecule has 3 unspecified atom stereocenters. The third-order valence-corrected chi connectivity index (χ3v) is 6.31. The topological polar surface area (TPSA) is 114 Å². The highest BCUT2D eigenvalue weighted by Crippen LogP contribution is 2.28. The monoisotopic (exact) mass is 553 g/mol. The fourth-order valence-corrected chi connectivity index (χ4v) is 4.41. The van der Waals surface area contributed by atoms with Crippen LogP contribution in [0.15, 0.2) is 48.5 Å². The Balaban J connectivity index is 2.61. The minimum absolute atomic E-state index is 0.190. The summed E-state index contributed by atoms with van der Waals surface area (Å²) >= 11 is 0. The van der Waals surface area contributed by atoms with Gasteiger partial charge in [0.15, 0.2) is 0 Å². The number of methoxy groups -OCH3 is 1. The van der Waals surface area contributed by atoms with Crippen molar-refractivity contribution in [1.82, 2.24) is 15.5 Å². The zero-order valence-corrected chi connectivity index (χ0v) is 24.9. The van der Waals surface area contributed by atoms with E-state index in [1.807, 2.05) is 76.2 Å². The van der Waals surface area contributed by atoms with Gasteiger partial charge in [0.05, 0.1) is 7.11 Å². The molecule has 0 heterocycles. The van der Waals surface area contributed by atoms with Crippen LogP contribution in [0.3, 0.4) is 0 Å². The first kappa shape index (κ1) is 32.3. The van der Waals surface area contributed by atoms with Gasteiger partial charge >= 0.3 is 12.1 Å². The number of alkyl carbamates (subject to hydrolysis) is 1. The smallest absolute Gasteiger partial charge is 0.408 e. The second-order valence-corrected chi connectivity index (χ2v) is 11.0. The summed E-state index contributed by atoms with van der Waals surface area (Å²) in [4.78, 5) is 54.4. The average molecular weight is 554 g/mol. The minimum atomic E-state index is -1.07. The van der Waals surface area contributed by atoms with E-state index in [9.17, 15) is 19.2 Å². The molecule has 0 aliphatic carbocycles. The van der Waals surface area contributed by atoms with Crippen LogP contribution in [0, 0.1) is 13.8 Å².